The summed E-state index contributed by atoms with van der Waals surface area (Å²) in [6, 6.07) is 11.2. The highest BCUT2D eigenvalue weighted by Gasteiger charge is 2.14. The maximum atomic E-state index is 12.1. The second-order valence-corrected chi connectivity index (χ2v) is 6.40. The third-order valence-corrected chi connectivity index (χ3v) is 4.50. The molecule has 0 radical (unpaired) electrons. The standard InChI is InChI=1S/C21H23NO5/c1-14-4-3-5-17(15(14)2)21(24)27-13-20(23)22-9-8-16-6-7-18-19(12-16)26-11-10-25-18/h3-7,12H,8-11,13H2,1-2H3,(H,22,23). The van der Waals surface area contributed by atoms with Crippen molar-refractivity contribution in [2.75, 3.05) is 26.4 Å². The molecular formula is C21H23NO5. The van der Waals surface area contributed by atoms with Gasteiger partial charge in [0.1, 0.15) is 13.2 Å². The summed E-state index contributed by atoms with van der Waals surface area (Å²) in [4.78, 5) is 24.0. The predicted octanol–water partition coefficient (Wildman–Crippen LogP) is 2.59. The summed E-state index contributed by atoms with van der Waals surface area (Å²) in [5.41, 5.74) is 3.39. The van der Waals surface area contributed by atoms with Crippen LogP contribution in [-0.4, -0.2) is 38.2 Å². The molecule has 27 heavy (non-hydrogen) atoms. The van der Waals surface area contributed by atoms with Crippen molar-refractivity contribution in [1.82, 2.24) is 5.32 Å². The average molecular weight is 369 g/mol. The van der Waals surface area contributed by atoms with Crippen LogP contribution in [0.1, 0.15) is 27.0 Å². The summed E-state index contributed by atoms with van der Waals surface area (Å²) >= 11 is 0. The smallest absolute Gasteiger partial charge is 0.338 e. The van der Waals surface area contributed by atoms with Crippen LogP contribution in [0.5, 0.6) is 11.5 Å². The molecule has 0 aliphatic carbocycles. The average Bonchev–Trinajstić information content (AvgIpc) is 2.68. The van der Waals surface area contributed by atoms with Crippen molar-refractivity contribution >= 4 is 11.9 Å². The molecule has 142 valence electrons. The van der Waals surface area contributed by atoms with Crippen molar-refractivity contribution in [1.29, 1.82) is 0 Å². The molecule has 1 aliphatic rings. The molecule has 1 N–H and O–H groups in total. The molecule has 0 fully saturated rings. The SMILES string of the molecule is Cc1cccc(C(=O)OCC(=O)NCCc2ccc3c(c2)OCCO3)c1C. The Balaban J connectivity index is 1.43. The molecule has 0 saturated carbocycles. The fourth-order valence-corrected chi connectivity index (χ4v) is 2.82. The Morgan fingerprint density at radius 3 is 2.67 bits per heavy atom. The van der Waals surface area contributed by atoms with Crippen LogP contribution in [0, 0.1) is 13.8 Å². The number of hydrogen-bond acceptors (Lipinski definition) is 5. The van der Waals surface area contributed by atoms with Gasteiger partial charge in [0.05, 0.1) is 5.56 Å². The zero-order valence-electron chi connectivity index (χ0n) is 15.5. The van der Waals surface area contributed by atoms with Crippen LogP contribution in [0.2, 0.25) is 0 Å². The number of carbonyl (C=O) groups is 2. The summed E-state index contributed by atoms with van der Waals surface area (Å²) in [5.74, 6) is 0.657. The largest absolute Gasteiger partial charge is 0.486 e. The van der Waals surface area contributed by atoms with Crippen LogP contribution < -0.4 is 14.8 Å². The third kappa shape index (κ3) is 4.78. The maximum Gasteiger partial charge on any atom is 0.338 e. The highest BCUT2D eigenvalue weighted by Crippen LogP contribution is 2.30. The molecule has 0 aromatic heterocycles. The Labute approximate surface area is 158 Å². The second kappa shape index (κ2) is 8.58. The van der Waals surface area contributed by atoms with Gasteiger partial charge >= 0.3 is 5.97 Å². The van der Waals surface area contributed by atoms with Gasteiger partial charge in [0.15, 0.2) is 18.1 Å². The maximum absolute atomic E-state index is 12.1. The Kier molecular flexibility index (Phi) is 5.96. The van der Waals surface area contributed by atoms with Crippen molar-refractivity contribution in [2.45, 2.75) is 20.3 Å². The van der Waals surface area contributed by atoms with E-state index in [0.717, 1.165) is 28.2 Å². The number of amides is 1. The van der Waals surface area contributed by atoms with Crippen molar-refractivity contribution in [3.8, 4) is 11.5 Å². The Bertz CT molecular complexity index is 846. The molecular weight excluding hydrogens is 346 g/mol. The molecule has 0 saturated heterocycles. The topological polar surface area (TPSA) is 73.9 Å². The first-order chi connectivity index (χ1) is 13.0. The van der Waals surface area contributed by atoms with Gasteiger partial charge in [-0.15, -0.1) is 0 Å². The van der Waals surface area contributed by atoms with Crippen molar-refractivity contribution in [3.63, 3.8) is 0 Å². The van der Waals surface area contributed by atoms with Gasteiger partial charge in [-0.25, -0.2) is 4.79 Å². The van der Waals surface area contributed by atoms with Gasteiger partial charge in [0.25, 0.3) is 5.91 Å². The molecule has 0 bridgehead atoms. The van der Waals surface area contributed by atoms with Gasteiger partial charge in [0.2, 0.25) is 0 Å². The number of esters is 1. The van der Waals surface area contributed by atoms with E-state index in [2.05, 4.69) is 5.32 Å². The van der Waals surface area contributed by atoms with E-state index in [0.29, 0.717) is 31.7 Å². The van der Waals surface area contributed by atoms with Gasteiger partial charge in [0, 0.05) is 6.54 Å². The van der Waals surface area contributed by atoms with E-state index in [9.17, 15) is 9.59 Å². The first-order valence-corrected chi connectivity index (χ1v) is 8.93. The minimum absolute atomic E-state index is 0.298. The lowest BCUT2D eigenvalue weighted by Crippen LogP contribution is -2.30. The van der Waals surface area contributed by atoms with E-state index >= 15 is 0 Å². The highest BCUT2D eigenvalue weighted by atomic mass is 16.6. The monoisotopic (exact) mass is 369 g/mol. The first kappa shape index (κ1) is 18.8. The zero-order chi connectivity index (χ0) is 19.2. The van der Waals surface area contributed by atoms with Crippen molar-refractivity contribution < 1.29 is 23.8 Å². The number of hydrogen-bond donors (Lipinski definition) is 1. The summed E-state index contributed by atoms with van der Waals surface area (Å²) in [7, 11) is 0. The molecule has 1 aliphatic heterocycles. The number of fused-ring (bicyclic) bond motifs is 1. The van der Waals surface area contributed by atoms with Gasteiger partial charge in [-0.3, -0.25) is 4.79 Å². The van der Waals surface area contributed by atoms with Crippen LogP contribution in [-0.2, 0) is 16.0 Å². The molecule has 0 unspecified atom stereocenters. The number of benzene rings is 2. The first-order valence-electron chi connectivity index (χ1n) is 8.93. The summed E-state index contributed by atoms with van der Waals surface area (Å²) in [6.45, 7) is 5.03. The number of nitrogens with one attached hydrogen (secondary N) is 1. The van der Waals surface area contributed by atoms with Crippen LogP contribution in [0.15, 0.2) is 36.4 Å². The molecule has 6 heteroatoms. The molecule has 1 amide bonds. The molecule has 0 atom stereocenters. The van der Waals surface area contributed by atoms with Crippen LogP contribution in [0.25, 0.3) is 0 Å². The number of aryl methyl sites for hydroxylation is 1. The Hall–Kier alpha value is -3.02. The third-order valence-electron chi connectivity index (χ3n) is 4.50. The minimum Gasteiger partial charge on any atom is -0.486 e. The normalized spacial score (nSPS) is 12.4. The molecule has 6 nitrogen and oxygen atoms in total. The molecule has 2 aromatic carbocycles. The van der Waals surface area contributed by atoms with Gasteiger partial charge in [-0.1, -0.05) is 18.2 Å². The lowest BCUT2D eigenvalue weighted by molar-refractivity contribution is -0.124. The molecule has 3 rings (SSSR count). The van der Waals surface area contributed by atoms with Crippen LogP contribution in [0.4, 0.5) is 0 Å². The van der Waals surface area contributed by atoms with E-state index in [1.54, 1.807) is 12.1 Å². The zero-order valence-corrected chi connectivity index (χ0v) is 15.5. The number of rotatable bonds is 6. The fourth-order valence-electron chi connectivity index (χ4n) is 2.82. The van der Waals surface area contributed by atoms with E-state index in [1.807, 2.05) is 38.1 Å². The van der Waals surface area contributed by atoms with Gasteiger partial charge in [-0.2, -0.15) is 0 Å². The van der Waals surface area contributed by atoms with Crippen molar-refractivity contribution in [2.24, 2.45) is 0 Å². The van der Waals surface area contributed by atoms with Gasteiger partial charge in [-0.05, 0) is 55.2 Å². The molecule has 0 spiro atoms. The van der Waals surface area contributed by atoms with E-state index in [4.69, 9.17) is 14.2 Å². The summed E-state index contributed by atoms with van der Waals surface area (Å²) < 4.78 is 16.1. The van der Waals surface area contributed by atoms with Crippen LogP contribution in [0.3, 0.4) is 0 Å². The molecule has 2 aromatic rings. The lowest BCUT2D eigenvalue weighted by atomic mass is 10.0. The fraction of sp³-hybridized carbons (Fsp3) is 0.333. The number of carbonyl (C=O) groups excluding carboxylic acids is 2. The summed E-state index contributed by atoms with van der Waals surface area (Å²) in [6.07, 6.45) is 0.646. The predicted molar refractivity (Wildman–Crippen MR) is 100 cm³/mol. The van der Waals surface area contributed by atoms with E-state index < -0.39 is 5.97 Å². The van der Waals surface area contributed by atoms with E-state index in [1.165, 1.54) is 0 Å². The van der Waals surface area contributed by atoms with Crippen molar-refractivity contribution in [3.05, 3.63) is 58.7 Å². The Morgan fingerprint density at radius 1 is 1.07 bits per heavy atom. The second-order valence-electron chi connectivity index (χ2n) is 6.40. The number of ether oxygens (including phenoxy) is 3. The quantitative estimate of drug-likeness (QED) is 0.793. The minimum atomic E-state index is -0.488. The van der Waals surface area contributed by atoms with E-state index in [-0.39, 0.29) is 12.5 Å². The van der Waals surface area contributed by atoms with Crippen LogP contribution >= 0.6 is 0 Å². The highest BCUT2D eigenvalue weighted by molar-refractivity contribution is 5.93. The summed E-state index contributed by atoms with van der Waals surface area (Å²) in [5, 5.41) is 2.76. The van der Waals surface area contributed by atoms with Gasteiger partial charge < -0.3 is 19.5 Å². The Morgan fingerprint density at radius 2 is 1.85 bits per heavy atom. The lowest BCUT2D eigenvalue weighted by Gasteiger charge is -2.18. The molecule has 1 heterocycles.